The van der Waals surface area contributed by atoms with Gasteiger partial charge >= 0.3 is 5.63 Å². The van der Waals surface area contributed by atoms with E-state index in [9.17, 15) is 13.6 Å². The second kappa shape index (κ2) is 4.87. The molecule has 0 radical (unpaired) electrons. The van der Waals surface area contributed by atoms with Crippen LogP contribution < -0.4 is 15.1 Å². The van der Waals surface area contributed by atoms with Crippen molar-refractivity contribution in [1.82, 2.24) is 0 Å². The van der Waals surface area contributed by atoms with Crippen molar-refractivity contribution in [2.45, 2.75) is 13.3 Å². The normalized spacial score (nSPS) is 11.1. The van der Waals surface area contributed by atoms with Crippen LogP contribution in [0, 0.1) is 6.92 Å². The van der Waals surface area contributed by atoms with Gasteiger partial charge in [-0.3, -0.25) is 0 Å². The topological polar surface area (TPSA) is 48.7 Å². The Morgan fingerprint density at radius 2 is 1.89 bits per heavy atom. The Balaban J connectivity index is 2.92. The molecule has 0 spiro atoms. The molecule has 0 aliphatic heterocycles. The molecular weight excluding hydrogens is 258 g/mol. The second-order valence-corrected chi connectivity index (χ2v) is 3.93. The number of fused-ring (bicyclic) bond motifs is 1. The minimum atomic E-state index is -2.90. The molecule has 0 saturated carbocycles. The van der Waals surface area contributed by atoms with Crippen molar-refractivity contribution in [2.75, 3.05) is 14.2 Å². The number of halogens is 2. The van der Waals surface area contributed by atoms with Gasteiger partial charge in [-0.05, 0) is 12.5 Å². The van der Waals surface area contributed by atoms with Crippen LogP contribution in [0.4, 0.5) is 8.78 Å². The van der Waals surface area contributed by atoms with E-state index in [1.54, 1.807) is 6.07 Å². The molecule has 0 unspecified atom stereocenters. The predicted octanol–water partition coefficient (Wildman–Crippen LogP) is 3.06. The van der Waals surface area contributed by atoms with Crippen LogP contribution in [-0.4, -0.2) is 14.2 Å². The van der Waals surface area contributed by atoms with Gasteiger partial charge in [-0.1, -0.05) is 0 Å². The third-order valence-electron chi connectivity index (χ3n) is 2.91. The Kier molecular flexibility index (Phi) is 3.42. The maximum Gasteiger partial charge on any atom is 0.345 e. The van der Waals surface area contributed by atoms with Gasteiger partial charge in [-0.2, -0.15) is 0 Å². The van der Waals surface area contributed by atoms with Gasteiger partial charge in [0, 0.05) is 12.1 Å². The molecule has 1 heterocycles. The van der Waals surface area contributed by atoms with E-state index in [0.29, 0.717) is 16.9 Å². The first-order valence-electron chi connectivity index (χ1n) is 5.47. The molecule has 1 aromatic heterocycles. The summed E-state index contributed by atoms with van der Waals surface area (Å²) in [7, 11) is 2.85. The molecule has 6 heteroatoms. The quantitative estimate of drug-likeness (QED) is 0.804. The summed E-state index contributed by atoms with van der Waals surface area (Å²) >= 11 is 0. The van der Waals surface area contributed by atoms with E-state index in [0.717, 1.165) is 0 Å². The smallest absolute Gasteiger partial charge is 0.345 e. The highest BCUT2D eigenvalue weighted by Crippen LogP contribution is 2.35. The molecule has 2 aromatic rings. The van der Waals surface area contributed by atoms with Crippen LogP contribution in [0.3, 0.4) is 0 Å². The van der Waals surface area contributed by atoms with Crippen LogP contribution in [0.5, 0.6) is 11.5 Å². The van der Waals surface area contributed by atoms with Gasteiger partial charge in [-0.25, -0.2) is 13.6 Å². The van der Waals surface area contributed by atoms with Gasteiger partial charge in [0.05, 0.1) is 19.6 Å². The summed E-state index contributed by atoms with van der Waals surface area (Å²) in [5.41, 5.74) is -1.38. The molecule has 1 aromatic carbocycles. The lowest BCUT2D eigenvalue weighted by atomic mass is 10.1. The van der Waals surface area contributed by atoms with Crippen molar-refractivity contribution in [1.29, 1.82) is 0 Å². The molecule has 0 saturated heterocycles. The summed E-state index contributed by atoms with van der Waals surface area (Å²) in [4.78, 5) is 11.6. The number of alkyl halides is 2. The molecule has 4 nitrogen and oxygen atoms in total. The standard InChI is InChI=1S/C13H12F2O4/c1-6-10-8(18-3)4-7(17-2)5-9(10)19-13(16)11(6)12(14)15/h4-5,12H,1-3H3. The Morgan fingerprint density at radius 1 is 1.21 bits per heavy atom. The Morgan fingerprint density at radius 3 is 2.42 bits per heavy atom. The molecular formula is C13H12F2O4. The van der Waals surface area contributed by atoms with Gasteiger partial charge in [0.1, 0.15) is 22.6 Å². The minimum Gasteiger partial charge on any atom is -0.496 e. The maximum absolute atomic E-state index is 12.9. The zero-order valence-electron chi connectivity index (χ0n) is 10.6. The summed E-state index contributed by atoms with van der Waals surface area (Å²) < 4.78 is 40.8. The minimum absolute atomic E-state index is 0.153. The Hall–Kier alpha value is -2.11. The fourth-order valence-corrected chi connectivity index (χ4v) is 1.99. The zero-order chi connectivity index (χ0) is 14.2. The number of hydrogen-bond donors (Lipinski definition) is 0. The van der Waals surface area contributed by atoms with Gasteiger partial charge in [0.15, 0.2) is 0 Å². The molecule has 19 heavy (non-hydrogen) atoms. The fourth-order valence-electron chi connectivity index (χ4n) is 1.99. The van der Waals surface area contributed by atoms with E-state index in [2.05, 4.69) is 0 Å². The van der Waals surface area contributed by atoms with Crippen LogP contribution in [0.1, 0.15) is 17.6 Å². The lowest BCUT2D eigenvalue weighted by Gasteiger charge is -2.12. The lowest BCUT2D eigenvalue weighted by Crippen LogP contribution is -2.11. The van der Waals surface area contributed by atoms with Crippen LogP contribution in [-0.2, 0) is 0 Å². The van der Waals surface area contributed by atoms with Crippen molar-refractivity contribution in [3.63, 3.8) is 0 Å². The van der Waals surface area contributed by atoms with Crippen molar-refractivity contribution >= 4 is 11.0 Å². The van der Waals surface area contributed by atoms with Crippen molar-refractivity contribution in [2.24, 2.45) is 0 Å². The molecule has 0 amide bonds. The zero-order valence-corrected chi connectivity index (χ0v) is 10.6. The maximum atomic E-state index is 12.9. The first kappa shape index (κ1) is 13.3. The molecule has 0 N–H and O–H groups in total. The number of methoxy groups -OCH3 is 2. The van der Waals surface area contributed by atoms with Crippen LogP contribution in [0.25, 0.3) is 11.0 Å². The molecule has 2 rings (SSSR count). The highest BCUT2D eigenvalue weighted by atomic mass is 19.3. The molecule has 102 valence electrons. The highest BCUT2D eigenvalue weighted by molar-refractivity contribution is 5.89. The first-order valence-corrected chi connectivity index (χ1v) is 5.47. The van der Waals surface area contributed by atoms with E-state index < -0.39 is 17.6 Å². The number of ether oxygens (including phenoxy) is 2. The van der Waals surface area contributed by atoms with Crippen molar-refractivity contribution in [3.05, 3.63) is 33.7 Å². The van der Waals surface area contributed by atoms with Gasteiger partial charge in [0.2, 0.25) is 0 Å². The lowest BCUT2D eigenvalue weighted by molar-refractivity contribution is 0.146. The van der Waals surface area contributed by atoms with Gasteiger partial charge in [0.25, 0.3) is 6.43 Å². The molecule has 0 atom stereocenters. The summed E-state index contributed by atoms with van der Waals surface area (Å²) in [5, 5.41) is 0.346. The Labute approximate surface area is 107 Å². The van der Waals surface area contributed by atoms with Crippen LogP contribution in [0.2, 0.25) is 0 Å². The van der Waals surface area contributed by atoms with Crippen molar-refractivity contribution < 1.29 is 22.7 Å². The van der Waals surface area contributed by atoms with E-state index in [1.165, 1.54) is 27.2 Å². The van der Waals surface area contributed by atoms with Crippen LogP contribution >= 0.6 is 0 Å². The van der Waals surface area contributed by atoms with E-state index in [1.807, 2.05) is 0 Å². The van der Waals surface area contributed by atoms with Crippen LogP contribution in [0.15, 0.2) is 21.3 Å². The van der Waals surface area contributed by atoms with Crippen molar-refractivity contribution in [3.8, 4) is 11.5 Å². The fraction of sp³-hybridized carbons (Fsp3) is 0.308. The third kappa shape index (κ3) is 2.14. The number of aryl methyl sites for hydroxylation is 1. The average Bonchev–Trinajstić information content (AvgIpc) is 2.36. The monoisotopic (exact) mass is 270 g/mol. The third-order valence-corrected chi connectivity index (χ3v) is 2.91. The van der Waals surface area contributed by atoms with Gasteiger partial charge < -0.3 is 13.9 Å². The average molecular weight is 270 g/mol. The molecule has 0 aliphatic carbocycles. The van der Waals surface area contributed by atoms with E-state index in [4.69, 9.17) is 13.9 Å². The summed E-state index contributed by atoms with van der Waals surface area (Å²) in [6, 6.07) is 3.01. The molecule has 0 fully saturated rings. The number of rotatable bonds is 3. The summed E-state index contributed by atoms with van der Waals surface area (Å²) in [6.45, 7) is 1.44. The predicted molar refractivity (Wildman–Crippen MR) is 65.3 cm³/mol. The first-order chi connectivity index (χ1) is 8.99. The SMILES string of the molecule is COc1cc(OC)c2c(C)c(C(F)F)c(=O)oc2c1. The Bertz CT molecular complexity index is 676. The second-order valence-electron chi connectivity index (χ2n) is 3.93. The molecule has 0 aliphatic rings. The molecule has 0 bridgehead atoms. The van der Waals surface area contributed by atoms with E-state index >= 15 is 0 Å². The largest absolute Gasteiger partial charge is 0.496 e. The van der Waals surface area contributed by atoms with E-state index in [-0.39, 0.29) is 11.1 Å². The summed E-state index contributed by atoms with van der Waals surface area (Å²) in [6.07, 6.45) is -2.90. The highest BCUT2D eigenvalue weighted by Gasteiger charge is 2.22. The number of benzene rings is 1. The summed E-state index contributed by atoms with van der Waals surface area (Å²) in [5.74, 6) is 0.731. The number of hydrogen-bond acceptors (Lipinski definition) is 4. The van der Waals surface area contributed by atoms with Gasteiger partial charge in [-0.15, -0.1) is 0 Å².